The molecule has 21 heavy (non-hydrogen) atoms. The average molecular weight is 360 g/mol. The van der Waals surface area contributed by atoms with Crippen LogP contribution in [0.1, 0.15) is 0 Å². The van der Waals surface area contributed by atoms with Gasteiger partial charge in [0.25, 0.3) is 0 Å². The van der Waals surface area contributed by atoms with Gasteiger partial charge in [0, 0.05) is 10.4 Å². The zero-order valence-corrected chi connectivity index (χ0v) is 18.4. The molecule has 0 fully saturated rings. The molecule has 0 bridgehead atoms. The summed E-state index contributed by atoms with van der Waals surface area (Å²) in [6.45, 7) is -0.863. The smallest absolute Gasteiger partial charge is 0.759 e. The van der Waals surface area contributed by atoms with Gasteiger partial charge in [-0.15, -0.1) is 0 Å². The van der Waals surface area contributed by atoms with Gasteiger partial charge in [0.15, 0.2) is 0 Å². The van der Waals surface area contributed by atoms with E-state index in [-0.39, 0.29) is 88.7 Å². The molecular formula is C6H11Na3O11S. The Morgan fingerprint density at radius 2 is 1.24 bits per heavy atom. The van der Waals surface area contributed by atoms with Crippen molar-refractivity contribution in [2.24, 2.45) is 0 Å². The fourth-order valence-corrected chi connectivity index (χ4v) is 0.662. The summed E-state index contributed by atoms with van der Waals surface area (Å²) >= 11 is 0. The van der Waals surface area contributed by atoms with Gasteiger partial charge in [-0.3, -0.25) is 8.42 Å². The largest absolute Gasteiger partial charge is 1.00 e. The molecule has 0 aliphatic rings. The Morgan fingerprint density at radius 3 is 1.43 bits per heavy atom. The molecule has 0 aromatic heterocycles. The van der Waals surface area contributed by atoms with Crippen molar-refractivity contribution in [3.05, 3.63) is 0 Å². The van der Waals surface area contributed by atoms with E-state index in [9.17, 15) is 9.90 Å². The molecule has 15 heteroatoms. The molecule has 0 aliphatic heterocycles. The summed E-state index contributed by atoms with van der Waals surface area (Å²) in [6.07, 6.45) is -8.08. The normalized spacial score (nSPS) is 15.4. The van der Waals surface area contributed by atoms with Crippen LogP contribution in [0.25, 0.3) is 0 Å². The Kier molecular flexibility index (Phi) is 27.9. The quantitative estimate of drug-likeness (QED) is 0.176. The van der Waals surface area contributed by atoms with Crippen LogP contribution in [0, 0.1) is 0 Å². The maximum Gasteiger partial charge on any atom is 1.00 e. The van der Waals surface area contributed by atoms with Crippen LogP contribution in [-0.4, -0.2) is 80.0 Å². The summed E-state index contributed by atoms with van der Waals surface area (Å²) in [5.74, 6) is -1.98. The minimum absolute atomic E-state index is 0. The molecule has 0 saturated heterocycles. The summed E-state index contributed by atoms with van der Waals surface area (Å²) < 4.78 is 34.1. The number of hydrogen-bond acceptors (Lipinski definition) is 11. The van der Waals surface area contributed by atoms with E-state index in [1.165, 1.54) is 0 Å². The SMILES string of the molecule is O=C([O-])C(O)C(O)C(O)C(O)CO.O=S(=O)([O-])[O-].[Na+].[Na+].[Na+]. The summed E-state index contributed by atoms with van der Waals surface area (Å²) in [6, 6.07) is 0. The van der Waals surface area contributed by atoms with Crippen LogP contribution in [0.4, 0.5) is 0 Å². The molecule has 5 N–H and O–H groups in total. The van der Waals surface area contributed by atoms with E-state index in [4.69, 9.17) is 43.1 Å². The Balaban J connectivity index is -0.0000000933. The first-order chi connectivity index (χ1) is 7.91. The predicted molar refractivity (Wildman–Crippen MR) is 46.6 cm³/mol. The van der Waals surface area contributed by atoms with Gasteiger partial charge in [-0.1, -0.05) is 0 Å². The Hall–Kier alpha value is 2.14. The third kappa shape index (κ3) is 22.1. The topological polar surface area (TPSA) is 222 Å². The van der Waals surface area contributed by atoms with Crippen molar-refractivity contribution in [1.29, 1.82) is 0 Å². The molecule has 0 aromatic carbocycles. The molecule has 0 aliphatic carbocycles. The standard InChI is InChI=1S/C6H12O7.3Na.H2O4S/c7-1-2(8)3(9)4(10)5(11)6(12)13;;;;1-5(2,3)4/h2-5,7-11H,1H2,(H,12,13);;;;(H2,1,2,3,4)/q;3*+1;/p-3. The molecular weight excluding hydrogens is 349 g/mol. The molecule has 0 amide bonds. The summed E-state index contributed by atoms with van der Waals surface area (Å²) in [7, 11) is -5.17. The molecule has 0 radical (unpaired) electrons. The summed E-state index contributed by atoms with van der Waals surface area (Å²) in [4.78, 5) is 9.98. The van der Waals surface area contributed by atoms with Crippen molar-refractivity contribution < 1.29 is 142 Å². The van der Waals surface area contributed by atoms with Gasteiger partial charge in [0.2, 0.25) is 0 Å². The number of aliphatic carboxylic acids is 1. The fraction of sp³-hybridized carbons (Fsp3) is 0.833. The van der Waals surface area contributed by atoms with Crippen molar-refractivity contribution >= 4 is 16.4 Å². The second-order valence-corrected chi connectivity index (χ2v) is 3.72. The molecule has 0 heterocycles. The van der Waals surface area contributed by atoms with Crippen LogP contribution < -0.4 is 93.8 Å². The van der Waals surface area contributed by atoms with E-state index in [1.807, 2.05) is 0 Å². The van der Waals surface area contributed by atoms with Gasteiger partial charge in [0.1, 0.15) is 24.4 Å². The number of carboxylic acids is 1. The summed E-state index contributed by atoms with van der Waals surface area (Å²) in [5, 5.41) is 53.4. The maximum atomic E-state index is 9.98. The molecule has 110 valence electrons. The van der Waals surface area contributed by atoms with Gasteiger partial charge >= 0.3 is 88.7 Å². The van der Waals surface area contributed by atoms with Gasteiger partial charge in [-0.05, 0) is 0 Å². The van der Waals surface area contributed by atoms with E-state index >= 15 is 0 Å². The molecule has 4 atom stereocenters. The molecule has 0 aromatic rings. The van der Waals surface area contributed by atoms with Crippen LogP contribution in [0.5, 0.6) is 0 Å². The van der Waals surface area contributed by atoms with Crippen LogP contribution in [-0.2, 0) is 15.2 Å². The Bertz CT molecular complexity index is 342. The van der Waals surface area contributed by atoms with E-state index in [1.54, 1.807) is 0 Å². The fourth-order valence-electron chi connectivity index (χ4n) is 0.662. The number of hydrogen-bond donors (Lipinski definition) is 5. The van der Waals surface area contributed by atoms with Crippen molar-refractivity contribution in [3.8, 4) is 0 Å². The number of rotatable bonds is 5. The van der Waals surface area contributed by atoms with Gasteiger partial charge < -0.3 is 44.5 Å². The third-order valence-electron chi connectivity index (χ3n) is 1.50. The van der Waals surface area contributed by atoms with Crippen LogP contribution >= 0.6 is 0 Å². The van der Waals surface area contributed by atoms with Crippen molar-refractivity contribution in [2.75, 3.05) is 6.61 Å². The van der Waals surface area contributed by atoms with E-state index in [0.717, 1.165) is 0 Å². The molecule has 0 rings (SSSR count). The van der Waals surface area contributed by atoms with E-state index < -0.39 is 47.4 Å². The number of aliphatic hydroxyl groups is 5. The minimum atomic E-state index is -5.17. The van der Waals surface area contributed by atoms with Crippen molar-refractivity contribution in [1.82, 2.24) is 0 Å². The van der Waals surface area contributed by atoms with Gasteiger partial charge in [-0.25, -0.2) is 0 Å². The van der Waals surface area contributed by atoms with Crippen molar-refractivity contribution in [3.63, 3.8) is 0 Å². The summed E-state index contributed by atoms with van der Waals surface area (Å²) in [5.41, 5.74) is 0. The van der Waals surface area contributed by atoms with Crippen LogP contribution in [0.2, 0.25) is 0 Å². The predicted octanol–water partition coefficient (Wildman–Crippen LogP) is -15.2. The first-order valence-electron chi connectivity index (χ1n) is 4.12. The molecule has 0 spiro atoms. The second-order valence-electron chi connectivity index (χ2n) is 2.90. The molecule has 11 nitrogen and oxygen atoms in total. The molecule has 0 saturated carbocycles. The van der Waals surface area contributed by atoms with Crippen LogP contribution in [0.3, 0.4) is 0 Å². The maximum absolute atomic E-state index is 9.98. The number of carbonyl (C=O) groups excluding carboxylic acids is 1. The zero-order chi connectivity index (χ0) is 15.1. The number of carboxylic acid groups (broad SMARTS) is 1. The van der Waals surface area contributed by atoms with E-state index in [0.29, 0.717) is 0 Å². The van der Waals surface area contributed by atoms with Gasteiger partial charge in [0.05, 0.1) is 12.6 Å². The van der Waals surface area contributed by atoms with Crippen LogP contribution in [0.15, 0.2) is 0 Å². The number of aliphatic hydroxyl groups excluding tert-OH is 5. The monoisotopic (exact) mass is 360 g/mol. The van der Waals surface area contributed by atoms with Crippen molar-refractivity contribution in [2.45, 2.75) is 24.4 Å². The molecule has 4 unspecified atom stereocenters. The first kappa shape index (κ1) is 34.5. The average Bonchev–Trinajstić information content (AvgIpc) is 2.22. The van der Waals surface area contributed by atoms with E-state index in [2.05, 4.69) is 0 Å². The van der Waals surface area contributed by atoms with Gasteiger partial charge in [-0.2, -0.15) is 0 Å². The second kappa shape index (κ2) is 17.0. The minimum Gasteiger partial charge on any atom is -0.759 e. The Morgan fingerprint density at radius 1 is 0.952 bits per heavy atom. The Labute approximate surface area is 186 Å². The zero-order valence-electron chi connectivity index (χ0n) is 11.6. The third-order valence-corrected chi connectivity index (χ3v) is 1.50. The number of carbonyl (C=O) groups is 1. The first-order valence-corrected chi connectivity index (χ1v) is 5.45.